The molecule has 1 saturated heterocycles. The molecule has 1 aliphatic heterocycles. The summed E-state index contributed by atoms with van der Waals surface area (Å²) in [4.78, 5) is 40.1. The molecule has 1 N–H and O–H groups in total. The second kappa shape index (κ2) is 11.3. The Morgan fingerprint density at radius 1 is 0.947 bits per heavy atom. The standard InChI is InChI=1S/C31H31NO6/c1-5-37-25-15-12-23(17-20(25)4)29(34)27-28(22-9-7-8-19(3)16-22)32(31(36)30(27)35)24-13-10-21(11-14-24)18-26(33)38-6-2/h7-17,28,34H,5-6,18H2,1-4H3/b29-27-. The van der Waals surface area contributed by atoms with E-state index < -0.39 is 17.7 Å². The van der Waals surface area contributed by atoms with Gasteiger partial charge in [0.15, 0.2) is 0 Å². The van der Waals surface area contributed by atoms with Crippen molar-refractivity contribution in [3.63, 3.8) is 0 Å². The average Bonchev–Trinajstić information content (AvgIpc) is 3.16. The number of amides is 1. The normalized spacial score (nSPS) is 16.5. The number of anilines is 1. The molecule has 7 heteroatoms. The van der Waals surface area contributed by atoms with E-state index in [1.807, 2.05) is 45.0 Å². The Hall–Kier alpha value is -4.39. The van der Waals surface area contributed by atoms with Crippen molar-refractivity contribution in [3.8, 4) is 5.75 Å². The summed E-state index contributed by atoms with van der Waals surface area (Å²) in [7, 11) is 0. The smallest absolute Gasteiger partial charge is 0.310 e. The van der Waals surface area contributed by atoms with Crippen molar-refractivity contribution >= 4 is 29.1 Å². The number of hydrogen-bond acceptors (Lipinski definition) is 6. The summed E-state index contributed by atoms with van der Waals surface area (Å²) in [5, 5.41) is 11.4. The van der Waals surface area contributed by atoms with Crippen LogP contribution in [0.2, 0.25) is 0 Å². The van der Waals surface area contributed by atoms with Crippen LogP contribution in [0.4, 0.5) is 5.69 Å². The van der Waals surface area contributed by atoms with Crippen LogP contribution in [-0.2, 0) is 25.5 Å². The predicted molar refractivity (Wildman–Crippen MR) is 145 cm³/mol. The predicted octanol–water partition coefficient (Wildman–Crippen LogP) is 5.43. The number of rotatable bonds is 8. The van der Waals surface area contributed by atoms with Crippen molar-refractivity contribution in [2.45, 2.75) is 40.2 Å². The van der Waals surface area contributed by atoms with E-state index >= 15 is 0 Å². The number of carbonyl (C=O) groups is 3. The van der Waals surface area contributed by atoms with Gasteiger partial charge in [0.2, 0.25) is 0 Å². The highest BCUT2D eigenvalue weighted by Crippen LogP contribution is 2.42. The number of Topliss-reactive ketones (excluding diaryl/α,β-unsaturated/α-hetero) is 1. The number of aliphatic hydroxyl groups is 1. The molecule has 1 fully saturated rings. The summed E-state index contributed by atoms with van der Waals surface area (Å²) < 4.78 is 10.6. The first kappa shape index (κ1) is 26.7. The minimum atomic E-state index is -0.835. The molecular weight excluding hydrogens is 482 g/mol. The van der Waals surface area contributed by atoms with Crippen LogP contribution >= 0.6 is 0 Å². The highest BCUT2D eigenvalue weighted by Gasteiger charge is 2.47. The Morgan fingerprint density at radius 3 is 2.32 bits per heavy atom. The lowest BCUT2D eigenvalue weighted by Gasteiger charge is -2.26. The molecule has 0 radical (unpaired) electrons. The van der Waals surface area contributed by atoms with Gasteiger partial charge in [-0.3, -0.25) is 19.3 Å². The number of hydrogen-bond donors (Lipinski definition) is 1. The maximum atomic E-state index is 13.4. The van der Waals surface area contributed by atoms with Crippen molar-refractivity contribution in [2.24, 2.45) is 0 Å². The Bertz CT molecular complexity index is 1410. The molecule has 1 atom stereocenters. The van der Waals surface area contributed by atoms with Crippen molar-refractivity contribution in [2.75, 3.05) is 18.1 Å². The SMILES string of the molecule is CCOC(=O)Cc1ccc(N2C(=O)C(=O)/C(=C(\O)c3ccc(OCC)c(C)c3)C2c2cccc(C)c2)cc1. The maximum absolute atomic E-state index is 13.4. The molecular formula is C31H31NO6. The van der Waals surface area contributed by atoms with Crippen LogP contribution in [0, 0.1) is 13.8 Å². The van der Waals surface area contributed by atoms with E-state index in [9.17, 15) is 19.5 Å². The quantitative estimate of drug-likeness (QED) is 0.187. The molecule has 0 spiro atoms. The van der Waals surface area contributed by atoms with E-state index in [2.05, 4.69) is 0 Å². The first-order valence-electron chi connectivity index (χ1n) is 12.6. The summed E-state index contributed by atoms with van der Waals surface area (Å²) in [5.41, 5.74) is 4.09. The molecule has 1 unspecified atom stereocenters. The van der Waals surface area contributed by atoms with Crippen LogP contribution < -0.4 is 9.64 Å². The first-order valence-corrected chi connectivity index (χ1v) is 12.6. The van der Waals surface area contributed by atoms with Gasteiger partial charge in [0.1, 0.15) is 11.5 Å². The Kier molecular flexibility index (Phi) is 7.96. The molecule has 0 aliphatic carbocycles. The largest absolute Gasteiger partial charge is 0.507 e. The van der Waals surface area contributed by atoms with Gasteiger partial charge in [0, 0.05) is 11.3 Å². The van der Waals surface area contributed by atoms with Gasteiger partial charge in [-0.15, -0.1) is 0 Å². The fraction of sp³-hybridized carbons (Fsp3) is 0.258. The van der Waals surface area contributed by atoms with Crippen molar-refractivity contribution in [1.29, 1.82) is 0 Å². The molecule has 1 aliphatic rings. The average molecular weight is 514 g/mol. The van der Waals surface area contributed by atoms with Gasteiger partial charge in [-0.2, -0.15) is 0 Å². The summed E-state index contributed by atoms with van der Waals surface area (Å²) in [5.74, 6) is -1.41. The van der Waals surface area contributed by atoms with Gasteiger partial charge in [-0.25, -0.2) is 0 Å². The fourth-order valence-corrected chi connectivity index (χ4v) is 4.68. The van der Waals surface area contributed by atoms with Crippen LogP contribution in [0.15, 0.2) is 72.3 Å². The van der Waals surface area contributed by atoms with Gasteiger partial charge < -0.3 is 14.6 Å². The molecule has 196 valence electrons. The highest BCUT2D eigenvalue weighted by atomic mass is 16.5. The fourth-order valence-electron chi connectivity index (χ4n) is 4.68. The van der Waals surface area contributed by atoms with Crippen molar-refractivity contribution in [3.05, 3.63) is 100 Å². The molecule has 1 amide bonds. The van der Waals surface area contributed by atoms with E-state index in [-0.39, 0.29) is 23.7 Å². The molecule has 1 heterocycles. The van der Waals surface area contributed by atoms with Gasteiger partial charge in [0.05, 0.1) is 31.2 Å². The Morgan fingerprint density at radius 2 is 1.68 bits per heavy atom. The third-order valence-electron chi connectivity index (χ3n) is 6.42. The third kappa shape index (κ3) is 5.32. The van der Waals surface area contributed by atoms with E-state index in [1.54, 1.807) is 49.4 Å². The molecule has 3 aromatic carbocycles. The maximum Gasteiger partial charge on any atom is 0.310 e. The molecule has 38 heavy (non-hydrogen) atoms. The second-order valence-electron chi connectivity index (χ2n) is 9.14. The number of nitrogens with zero attached hydrogens (tertiary/aromatic N) is 1. The van der Waals surface area contributed by atoms with Gasteiger partial charge in [-0.05, 0) is 74.7 Å². The highest BCUT2D eigenvalue weighted by molar-refractivity contribution is 6.51. The monoisotopic (exact) mass is 513 g/mol. The number of esters is 1. The van der Waals surface area contributed by atoms with Gasteiger partial charge in [0.25, 0.3) is 11.7 Å². The molecule has 0 saturated carbocycles. The lowest BCUT2D eigenvalue weighted by Crippen LogP contribution is -2.29. The summed E-state index contributed by atoms with van der Waals surface area (Å²) >= 11 is 0. The van der Waals surface area contributed by atoms with E-state index in [0.717, 1.165) is 16.7 Å². The molecule has 0 aromatic heterocycles. The lowest BCUT2D eigenvalue weighted by molar-refractivity contribution is -0.142. The zero-order valence-corrected chi connectivity index (χ0v) is 22.0. The molecule has 7 nitrogen and oxygen atoms in total. The van der Waals surface area contributed by atoms with E-state index in [0.29, 0.717) is 35.8 Å². The van der Waals surface area contributed by atoms with Crippen LogP contribution in [0.5, 0.6) is 5.75 Å². The first-order chi connectivity index (χ1) is 18.2. The number of aliphatic hydroxyl groups excluding tert-OH is 1. The van der Waals surface area contributed by atoms with Crippen molar-refractivity contribution in [1.82, 2.24) is 0 Å². The zero-order chi connectivity index (χ0) is 27.4. The van der Waals surface area contributed by atoms with Crippen molar-refractivity contribution < 1.29 is 29.0 Å². The van der Waals surface area contributed by atoms with Crippen LogP contribution in [0.1, 0.15) is 47.7 Å². The van der Waals surface area contributed by atoms with Crippen LogP contribution in [-0.4, -0.2) is 36.0 Å². The van der Waals surface area contributed by atoms with Crippen LogP contribution in [0.3, 0.4) is 0 Å². The number of benzene rings is 3. The summed E-state index contributed by atoms with van der Waals surface area (Å²) in [6, 6.07) is 18.7. The Labute approximate surface area is 222 Å². The second-order valence-corrected chi connectivity index (χ2v) is 9.14. The van der Waals surface area contributed by atoms with E-state index in [1.165, 1.54) is 4.90 Å². The Balaban J connectivity index is 1.81. The molecule has 4 rings (SSSR count). The minimum Gasteiger partial charge on any atom is -0.507 e. The number of aryl methyl sites for hydroxylation is 2. The summed E-state index contributed by atoms with van der Waals surface area (Å²) in [6.45, 7) is 8.22. The number of ether oxygens (including phenoxy) is 2. The van der Waals surface area contributed by atoms with Gasteiger partial charge in [-0.1, -0.05) is 42.0 Å². The lowest BCUT2D eigenvalue weighted by atomic mass is 9.93. The topological polar surface area (TPSA) is 93.1 Å². The minimum absolute atomic E-state index is 0.0137. The number of ketones is 1. The summed E-state index contributed by atoms with van der Waals surface area (Å²) in [6.07, 6.45) is 0.103. The van der Waals surface area contributed by atoms with E-state index in [4.69, 9.17) is 9.47 Å². The zero-order valence-electron chi connectivity index (χ0n) is 22.0. The third-order valence-corrected chi connectivity index (χ3v) is 6.42. The van der Waals surface area contributed by atoms with Crippen LogP contribution in [0.25, 0.3) is 5.76 Å². The molecule has 3 aromatic rings. The molecule has 0 bridgehead atoms. The van der Waals surface area contributed by atoms with Gasteiger partial charge >= 0.3 is 5.97 Å². The number of carbonyl (C=O) groups excluding carboxylic acids is 3.